The molecule has 0 saturated heterocycles. The summed E-state index contributed by atoms with van der Waals surface area (Å²) in [6, 6.07) is 5.31. The van der Waals surface area contributed by atoms with Crippen molar-refractivity contribution in [1.82, 2.24) is 0 Å². The zero-order valence-electron chi connectivity index (χ0n) is 12.5. The second kappa shape index (κ2) is 8.55. The largest absolute Gasteiger partial charge is 0.497 e. The maximum absolute atomic E-state index is 12.2. The van der Waals surface area contributed by atoms with Crippen LogP contribution in [0.2, 0.25) is 0 Å². The molecular formula is C15H22O5. The summed E-state index contributed by atoms with van der Waals surface area (Å²) >= 11 is 0. The normalized spacial score (nSPS) is 10.7. The molecule has 1 rings (SSSR count). The summed E-state index contributed by atoms with van der Waals surface area (Å²) in [7, 11) is 4.71. The summed E-state index contributed by atoms with van der Waals surface area (Å²) in [5.41, 5.74) is 1.44. The van der Waals surface area contributed by atoms with Crippen LogP contribution >= 0.6 is 0 Å². The smallest absolute Gasteiger partial charge is 0.338 e. The highest BCUT2D eigenvalue weighted by Gasteiger charge is 2.18. The first kappa shape index (κ1) is 16.5. The minimum atomic E-state index is -0.413. The average Bonchev–Trinajstić information content (AvgIpc) is 2.46. The molecule has 0 aromatic heterocycles. The maximum atomic E-state index is 12.2. The number of carbonyl (C=O) groups excluding carboxylic acids is 1. The van der Waals surface area contributed by atoms with Crippen LogP contribution in [0.25, 0.3) is 0 Å². The molecule has 0 bridgehead atoms. The van der Waals surface area contributed by atoms with E-state index in [1.165, 1.54) is 0 Å². The average molecular weight is 282 g/mol. The van der Waals surface area contributed by atoms with Gasteiger partial charge in [-0.05, 0) is 30.2 Å². The van der Waals surface area contributed by atoms with Gasteiger partial charge in [0, 0.05) is 14.2 Å². The maximum Gasteiger partial charge on any atom is 0.338 e. The lowest BCUT2D eigenvalue weighted by atomic mass is 10.0. The third kappa shape index (κ3) is 4.51. The Morgan fingerprint density at radius 3 is 2.30 bits per heavy atom. The van der Waals surface area contributed by atoms with Crippen LogP contribution in [0.1, 0.15) is 22.8 Å². The first-order valence-electron chi connectivity index (χ1n) is 6.52. The molecule has 0 saturated carbocycles. The summed E-state index contributed by atoms with van der Waals surface area (Å²) in [6.07, 6.45) is 0.310. The number of methoxy groups -OCH3 is 3. The van der Waals surface area contributed by atoms with Gasteiger partial charge in [0.15, 0.2) is 0 Å². The molecule has 5 nitrogen and oxygen atoms in total. The van der Waals surface area contributed by atoms with Crippen molar-refractivity contribution in [1.29, 1.82) is 0 Å². The van der Waals surface area contributed by atoms with Crippen molar-refractivity contribution in [3.05, 3.63) is 29.3 Å². The Balaban J connectivity index is 2.85. The van der Waals surface area contributed by atoms with E-state index in [0.717, 1.165) is 17.7 Å². The van der Waals surface area contributed by atoms with Gasteiger partial charge in [-0.15, -0.1) is 0 Å². The number of hydrogen-bond donors (Lipinski definition) is 0. The van der Waals surface area contributed by atoms with Gasteiger partial charge in [0.05, 0.1) is 25.9 Å². The van der Waals surface area contributed by atoms with Crippen molar-refractivity contribution >= 4 is 5.97 Å². The minimum absolute atomic E-state index is 0.303. The standard InChI is InChI=1S/C15H22O5/c1-5-11-8-12(19-4)6-7-14(11)15(16)20-13(9-17-2)10-18-3/h6-8,13H,5,9-10H2,1-4H3. The first-order chi connectivity index (χ1) is 9.65. The van der Waals surface area contributed by atoms with E-state index in [1.54, 1.807) is 33.5 Å². The predicted octanol–water partition coefficient (Wildman–Crippen LogP) is 2.08. The minimum Gasteiger partial charge on any atom is -0.497 e. The Kier molecular flexibility index (Phi) is 7.04. The van der Waals surface area contributed by atoms with Crippen LogP contribution < -0.4 is 4.74 Å². The van der Waals surface area contributed by atoms with Crippen LogP contribution in [0, 0.1) is 0 Å². The molecule has 0 aliphatic heterocycles. The van der Waals surface area contributed by atoms with Gasteiger partial charge >= 0.3 is 5.97 Å². The Labute approximate surface area is 119 Å². The summed E-state index contributed by atoms with van der Waals surface area (Å²) in [5, 5.41) is 0. The van der Waals surface area contributed by atoms with Gasteiger partial charge in [-0.3, -0.25) is 0 Å². The molecule has 5 heteroatoms. The molecule has 1 aromatic carbocycles. The number of benzene rings is 1. The van der Waals surface area contributed by atoms with Crippen molar-refractivity contribution in [2.45, 2.75) is 19.4 Å². The van der Waals surface area contributed by atoms with Crippen LogP contribution in [-0.4, -0.2) is 46.6 Å². The van der Waals surface area contributed by atoms with Crippen molar-refractivity contribution in [2.75, 3.05) is 34.5 Å². The highest BCUT2D eigenvalue weighted by atomic mass is 16.6. The van der Waals surface area contributed by atoms with E-state index in [2.05, 4.69) is 0 Å². The summed E-state index contributed by atoms with van der Waals surface area (Å²) < 4.78 is 20.6. The fourth-order valence-electron chi connectivity index (χ4n) is 1.89. The van der Waals surface area contributed by atoms with Crippen LogP contribution in [0.4, 0.5) is 0 Å². The van der Waals surface area contributed by atoms with Crippen LogP contribution in [0.5, 0.6) is 5.75 Å². The van der Waals surface area contributed by atoms with E-state index < -0.39 is 6.10 Å². The molecular weight excluding hydrogens is 260 g/mol. The molecule has 0 aliphatic carbocycles. The van der Waals surface area contributed by atoms with Crippen LogP contribution in [0.3, 0.4) is 0 Å². The highest BCUT2D eigenvalue weighted by Crippen LogP contribution is 2.19. The molecule has 0 spiro atoms. The highest BCUT2D eigenvalue weighted by molar-refractivity contribution is 5.91. The lowest BCUT2D eigenvalue weighted by molar-refractivity contribution is -0.0224. The Hall–Kier alpha value is -1.59. The topological polar surface area (TPSA) is 54.0 Å². The fourth-order valence-corrected chi connectivity index (χ4v) is 1.89. The van der Waals surface area contributed by atoms with Crippen LogP contribution in [-0.2, 0) is 20.6 Å². The van der Waals surface area contributed by atoms with Crippen molar-refractivity contribution < 1.29 is 23.7 Å². The third-order valence-corrected chi connectivity index (χ3v) is 2.89. The molecule has 0 radical (unpaired) electrons. The zero-order valence-corrected chi connectivity index (χ0v) is 12.5. The van der Waals surface area contributed by atoms with E-state index in [1.807, 2.05) is 13.0 Å². The zero-order chi connectivity index (χ0) is 15.0. The molecule has 112 valence electrons. The lowest BCUT2D eigenvalue weighted by Gasteiger charge is -2.17. The first-order valence-corrected chi connectivity index (χ1v) is 6.52. The van der Waals surface area contributed by atoms with E-state index in [4.69, 9.17) is 18.9 Å². The van der Waals surface area contributed by atoms with E-state index in [-0.39, 0.29) is 5.97 Å². The van der Waals surface area contributed by atoms with Gasteiger partial charge in [-0.2, -0.15) is 0 Å². The van der Waals surface area contributed by atoms with Crippen molar-refractivity contribution in [3.8, 4) is 5.75 Å². The van der Waals surface area contributed by atoms with Gasteiger partial charge in [0.25, 0.3) is 0 Å². The second-order valence-electron chi connectivity index (χ2n) is 4.31. The molecule has 20 heavy (non-hydrogen) atoms. The van der Waals surface area contributed by atoms with E-state index >= 15 is 0 Å². The number of carbonyl (C=O) groups is 1. The van der Waals surface area contributed by atoms with Crippen molar-refractivity contribution in [3.63, 3.8) is 0 Å². The third-order valence-electron chi connectivity index (χ3n) is 2.89. The molecule has 0 aliphatic rings. The number of hydrogen-bond acceptors (Lipinski definition) is 5. The number of ether oxygens (including phenoxy) is 4. The quantitative estimate of drug-likeness (QED) is 0.683. The summed E-state index contributed by atoms with van der Waals surface area (Å²) in [4.78, 5) is 12.2. The number of rotatable bonds is 8. The van der Waals surface area contributed by atoms with Crippen LogP contribution in [0.15, 0.2) is 18.2 Å². The van der Waals surface area contributed by atoms with Gasteiger partial charge in [-0.1, -0.05) is 6.92 Å². The molecule has 0 atom stereocenters. The van der Waals surface area contributed by atoms with Gasteiger partial charge in [0.2, 0.25) is 0 Å². The monoisotopic (exact) mass is 282 g/mol. The molecule has 0 unspecified atom stereocenters. The lowest BCUT2D eigenvalue weighted by Crippen LogP contribution is -2.28. The summed E-state index contributed by atoms with van der Waals surface area (Å²) in [5.74, 6) is 0.354. The number of aryl methyl sites for hydroxylation is 1. The second-order valence-corrected chi connectivity index (χ2v) is 4.31. The molecule has 0 heterocycles. The van der Waals surface area contributed by atoms with Gasteiger partial charge < -0.3 is 18.9 Å². The van der Waals surface area contributed by atoms with Crippen molar-refractivity contribution in [2.24, 2.45) is 0 Å². The Morgan fingerprint density at radius 2 is 1.80 bits per heavy atom. The van der Waals surface area contributed by atoms with Gasteiger partial charge in [-0.25, -0.2) is 4.79 Å². The predicted molar refractivity (Wildman–Crippen MR) is 75.3 cm³/mol. The fraction of sp³-hybridized carbons (Fsp3) is 0.533. The van der Waals surface area contributed by atoms with E-state index in [9.17, 15) is 4.79 Å². The molecule has 0 amide bonds. The molecule has 0 fully saturated rings. The molecule has 0 N–H and O–H groups in total. The molecule has 1 aromatic rings. The van der Waals surface area contributed by atoms with E-state index in [0.29, 0.717) is 18.8 Å². The SMILES string of the molecule is CCc1cc(OC)ccc1C(=O)OC(COC)COC. The van der Waals surface area contributed by atoms with Gasteiger partial charge in [0.1, 0.15) is 11.9 Å². The summed E-state index contributed by atoms with van der Waals surface area (Å²) in [6.45, 7) is 2.59. The Morgan fingerprint density at radius 1 is 1.15 bits per heavy atom. The number of esters is 1. The Bertz CT molecular complexity index is 424.